The van der Waals surface area contributed by atoms with E-state index in [4.69, 9.17) is 4.62 Å². The summed E-state index contributed by atoms with van der Waals surface area (Å²) < 4.78 is 5.00. The van der Waals surface area contributed by atoms with Crippen LogP contribution in [0.2, 0.25) is 0 Å². The van der Waals surface area contributed by atoms with Gasteiger partial charge in [-0.1, -0.05) is 6.08 Å². The Balaban J connectivity index is 2.19. The molecule has 13 heavy (non-hydrogen) atoms. The van der Waals surface area contributed by atoms with Crippen molar-refractivity contribution in [3.8, 4) is 0 Å². The summed E-state index contributed by atoms with van der Waals surface area (Å²) >= 11 is 0. The average Bonchev–Trinajstić information content (AvgIpc) is 2.41. The molecule has 2 fully saturated rings. The standard InChI is InChI=1S/C9H14NO2P/c1-2-6-3-4-7-5-8(6)9(11)10(7)12-13/h2,6-8H,1,3-5,13H2/t6-,7+,8?/m1/s1. The number of carbonyl (C=O) groups is 1. The van der Waals surface area contributed by atoms with Gasteiger partial charge in [-0.15, -0.1) is 6.58 Å². The Morgan fingerprint density at radius 1 is 1.62 bits per heavy atom. The number of fused-ring (bicyclic) bond motifs is 2. The van der Waals surface area contributed by atoms with E-state index in [1.807, 2.05) is 6.08 Å². The van der Waals surface area contributed by atoms with E-state index in [0.29, 0.717) is 12.0 Å². The molecule has 0 N–H and O–H groups in total. The quantitative estimate of drug-likeness (QED) is 0.498. The van der Waals surface area contributed by atoms with Crippen molar-refractivity contribution in [3.05, 3.63) is 12.7 Å². The molecule has 1 saturated heterocycles. The molecule has 72 valence electrons. The van der Waals surface area contributed by atoms with Gasteiger partial charge in [0.2, 0.25) is 5.91 Å². The Labute approximate surface area is 80.4 Å². The van der Waals surface area contributed by atoms with E-state index in [1.165, 1.54) is 5.06 Å². The number of carbonyl (C=O) groups excluding carboxylic acids is 1. The summed E-state index contributed by atoms with van der Waals surface area (Å²) in [6, 6.07) is 0.297. The maximum absolute atomic E-state index is 11.7. The van der Waals surface area contributed by atoms with Gasteiger partial charge in [0, 0.05) is 15.4 Å². The molecule has 4 heteroatoms. The predicted molar refractivity (Wildman–Crippen MR) is 52.5 cm³/mol. The molecule has 3 nitrogen and oxygen atoms in total. The molecule has 2 aliphatic rings. The molecular weight excluding hydrogens is 185 g/mol. The largest absolute Gasteiger partial charge is 0.272 e. The van der Waals surface area contributed by atoms with E-state index in [0.717, 1.165) is 19.3 Å². The summed E-state index contributed by atoms with van der Waals surface area (Å²) in [5, 5.41) is 1.51. The molecule has 1 saturated carbocycles. The van der Waals surface area contributed by atoms with Crippen molar-refractivity contribution >= 4 is 15.4 Å². The van der Waals surface area contributed by atoms with Crippen molar-refractivity contribution < 1.29 is 9.42 Å². The topological polar surface area (TPSA) is 29.5 Å². The van der Waals surface area contributed by atoms with Crippen LogP contribution in [0.3, 0.4) is 0 Å². The molecule has 1 aliphatic heterocycles. The van der Waals surface area contributed by atoms with Crippen LogP contribution < -0.4 is 0 Å². The SMILES string of the molecule is C=C[C@@H]1CC[C@H]2CC1C(=O)N2OP. The van der Waals surface area contributed by atoms with Gasteiger partial charge in [0.1, 0.15) is 0 Å². The zero-order chi connectivity index (χ0) is 9.42. The van der Waals surface area contributed by atoms with Crippen LogP contribution in [-0.2, 0) is 9.42 Å². The maximum atomic E-state index is 11.7. The Morgan fingerprint density at radius 3 is 3.00 bits per heavy atom. The molecule has 1 aliphatic carbocycles. The van der Waals surface area contributed by atoms with E-state index >= 15 is 0 Å². The summed E-state index contributed by atoms with van der Waals surface area (Å²) in [7, 11) is 2.15. The van der Waals surface area contributed by atoms with E-state index in [-0.39, 0.29) is 11.8 Å². The van der Waals surface area contributed by atoms with E-state index < -0.39 is 0 Å². The van der Waals surface area contributed by atoms with Crippen LogP contribution in [-0.4, -0.2) is 17.0 Å². The second kappa shape index (κ2) is 3.39. The first kappa shape index (κ1) is 9.17. The fraction of sp³-hybridized carbons (Fsp3) is 0.667. The molecule has 0 radical (unpaired) electrons. The second-order valence-electron chi connectivity index (χ2n) is 3.74. The van der Waals surface area contributed by atoms with Gasteiger partial charge < -0.3 is 0 Å². The summed E-state index contributed by atoms with van der Waals surface area (Å²) in [5.41, 5.74) is 0. The Hall–Kier alpha value is -0.400. The van der Waals surface area contributed by atoms with Gasteiger partial charge in [0.05, 0.1) is 6.04 Å². The summed E-state index contributed by atoms with van der Waals surface area (Å²) in [4.78, 5) is 11.7. The number of hydrogen-bond acceptors (Lipinski definition) is 2. The smallest absolute Gasteiger partial charge is 0.250 e. The van der Waals surface area contributed by atoms with Crippen LogP contribution in [0.15, 0.2) is 12.7 Å². The van der Waals surface area contributed by atoms with Crippen LogP contribution in [0.5, 0.6) is 0 Å². The minimum absolute atomic E-state index is 0.122. The van der Waals surface area contributed by atoms with E-state index in [2.05, 4.69) is 16.0 Å². The first-order valence-electron chi connectivity index (χ1n) is 4.60. The lowest BCUT2D eigenvalue weighted by molar-refractivity contribution is -0.155. The fourth-order valence-corrected chi connectivity index (χ4v) is 2.71. The lowest BCUT2D eigenvalue weighted by Crippen LogP contribution is -2.29. The van der Waals surface area contributed by atoms with Crippen LogP contribution in [0.1, 0.15) is 19.3 Å². The molecule has 4 atom stereocenters. The third kappa shape index (κ3) is 1.31. The van der Waals surface area contributed by atoms with Crippen LogP contribution >= 0.6 is 9.47 Å². The number of amides is 1. The molecule has 2 unspecified atom stereocenters. The number of hydrogen-bond donors (Lipinski definition) is 0. The predicted octanol–water partition coefficient (Wildman–Crippen LogP) is 1.52. The zero-order valence-corrected chi connectivity index (χ0v) is 8.63. The number of allylic oxidation sites excluding steroid dienone is 1. The van der Waals surface area contributed by atoms with Crippen LogP contribution in [0.25, 0.3) is 0 Å². The molecule has 0 aromatic carbocycles. The fourth-order valence-electron chi connectivity index (χ4n) is 2.43. The van der Waals surface area contributed by atoms with Crippen molar-refractivity contribution in [2.24, 2.45) is 11.8 Å². The Kier molecular flexibility index (Phi) is 2.39. The number of hydroxylamine groups is 2. The number of nitrogens with zero attached hydrogens (tertiary/aromatic N) is 1. The van der Waals surface area contributed by atoms with Gasteiger partial charge in [-0.25, -0.2) is 5.06 Å². The van der Waals surface area contributed by atoms with Gasteiger partial charge in [-0.2, -0.15) is 0 Å². The third-order valence-corrected chi connectivity index (χ3v) is 3.39. The highest BCUT2D eigenvalue weighted by atomic mass is 31.0. The Bertz CT molecular complexity index is 244. The first-order chi connectivity index (χ1) is 6.27. The van der Waals surface area contributed by atoms with E-state index in [1.54, 1.807) is 0 Å². The van der Waals surface area contributed by atoms with Crippen molar-refractivity contribution in [3.63, 3.8) is 0 Å². The van der Waals surface area contributed by atoms with Crippen LogP contribution in [0, 0.1) is 11.8 Å². The van der Waals surface area contributed by atoms with Gasteiger partial charge in [0.15, 0.2) is 0 Å². The molecule has 1 amide bonds. The highest BCUT2D eigenvalue weighted by molar-refractivity contribution is 7.09. The van der Waals surface area contributed by atoms with Gasteiger partial charge >= 0.3 is 0 Å². The molecule has 0 aromatic heterocycles. The molecule has 2 bridgehead atoms. The molecule has 0 aromatic rings. The van der Waals surface area contributed by atoms with E-state index in [9.17, 15) is 4.79 Å². The molecule has 1 heterocycles. The van der Waals surface area contributed by atoms with Gasteiger partial charge in [0.25, 0.3) is 0 Å². The minimum atomic E-state index is 0.122. The first-order valence-corrected chi connectivity index (χ1v) is 5.07. The van der Waals surface area contributed by atoms with Crippen molar-refractivity contribution in [1.29, 1.82) is 0 Å². The van der Waals surface area contributed by atoms with Crippen molar-refractivity contribution in [2.45, 2.75) is 25.3 Å². The number of rotatable bonds is 2. The van der Waals surface area contributed by atoms with Crippen molar-refractivity contribution in [2.75, 3.05) is 0 Å². The highest BCUT2D eigenvalue weighted by Crippen LogP contribution is 2.41. The van der Waals surface area contributed by atoms with Gasteiger partial charge in [-0.05, 0) is 25.2 Å². The summed E-state index contributed by atoms with van der Waals surface area (Å²) in [6.07, 6.45) is 4.94. The summed E-state index contributed by atoms with van der Waals surface area (Å²) in [5.74, 6) is 0.605. The minimum Gasteiger partial charge on any atom is -0.272 e. The molecular formula is C9H14NO2P. The van der Waals surface area contributed by atoms with Gasteiger partial charge in [-0.3, -0.25) is 9.42 Å². The maximum Gasteiger partial charge on any atom is 0.250 e. The Morgan fingerprint density at radius 2 is 2.38 bits per heavy atom. The van der Waals surface area contributed by atoms with Crippen LogP contribution in [0.4, 0.5) is 0 Å². The summed E-state index contributed by atoms with van der Waals surface area (Å²) in [6.45, 7) is 3.77. The monoisotopic (exact) mass is 199 g/mol. The molecule has 0 spiro atoms. The van der Waals surface area contributed by atoms with Crippen molar-refractivity contribution in [1.82, 2.24) is 5.06 Å². The average molecular weight is 199 g/mol. The molecule has 2 rings (SSSR count). The highest BCUT2D eigenvalue weighted by Gasteiger charge is 2.46. The lowest BCUT2D eigenvalue weighted by Gasteiger charge is -2.24. The lowest BCUT2D eigenvalue weighted by atomic mass is 9.80. The third-order valence-electron chi connectivity index (χ3n) is 3.16. The zero-order valence-electron chi connectivity index (χ0n) is 7.48. The second-order valence-corrected chi connectivity index (χ2v) is 3.95. The normalized spacial score (nSPS) is 38.1.